The predicted octanol–water partition coefficient (Wildman–Crippen LogP) is 1.10. The summed E-state index contributed by atoms with van der Waals surface area (Å²) in [7, 11) is -3.71. The number of sulfonamides is 1. The van der Waals surface area contributed by atoms with E-state index in [4.69, 9.17) is 0 Å². The van der Waals surface area contributed by atoms with Gasteiger partial charge in [-0.3, -0.25) is 4.79 Å². The van der Waals surface area contributed by atoms with E-state index in [0.717, 1.165) is 5.82 Å². The summed E-state index contributed by atoms with van der Waals surface area (Å²) in [6, 6.07) is 13.0. The third kappa shape index (κ3) is 4.20. The van der Waals surface area contributed by atoms with Gasteiger partial charge in [0.1, 0.15) is 5.82 Å². The van der Waals surface area contributed by atoms with Gasteiger partial charge in [-0.05, 0) is 31.2 Å². The van der Waals surface area contributed by atoms with E-state index in [2.05, 4.69) is 14.6 Å². The van der Waals surface area contributed by atoms with Crippen molar-refractivity contribution in [3.8, 4) is 0 Å². The van der Waals surface area contributed by atoms with Gasteiger partial charge in [0.25, 0.3) is 0 Å². The molecule has 1 aliphatic heterocycles. The van der Waals surface area contributed by atoms with Crippen LogP contribution in [0.4, 0.5) is 5.82 Å². The van der Waals surface area contributed by atoms with Crippen molar-refractivity contribution in [2.24, 2.45) is 0 Å². The monoisotopic (exact) mass is 374 g/mol. The minimum Gasteiger partial charge on any atom is -0.353 e. The molecule has 1 aromatic carbocycles. The highest BCUT2D eigenvalue weighted by Crippen LogP contribution is 2.14. The Bertz CT molecular complexity index is 835. The zero-order valence-electron chi connectivity index (χ0n) is 14.6. The first-order chi connectivity index (χ1) is 12.5. The Kier molecular flexibility index (Phi) is 5.53. The number of pyridine rings is 1. The lowest BCUT2D eigenvalue weighted by molar-refractivity contribution is -0.132. The van der Waals surface area contributed by atoms with Crippen LogP contribution in [0.15, 0.2) is 59.6 Å². The molecule has 1 aromatic heterocycles. The molecule has 1 fully saturated rings. The van der Waals surface area contributed by atoms with E-state index in [1.54, 1.807) is 36.2 Å². The van der Waals surface area contributed by atoms with Crippen LogP contribution in [0.2, 0.25) is 0 Å². The first-order valence-electron chi connectivity index (χ1n) is 8.49. The number of rotatable bonds is 5. The quantitative estimate of drug-likeness (QED) is 0.847. The Hall–Kier alpha value is -2.45. The van der Waals surface area contributed by atoms with Gasteiger partial charge in [0, 0.05) is 32.4 Å². The molecule has 1 saturated heterocycles. The smallest absolute Gasteiger partial charge is 0.241 e. The molecule has 8 heteroatoms. The van der Waals surface area contributed by atoms with Crippen LogP contribution in [0.1, 0.15) is 6.92 Å². The minimum absolute atomic E-state index is 0.152. The minimum atomic E-state index is -3.71. The fourth-order valence-corrected chi connectivity index (χ4v) is 4.14. The van der Waals surface area contributed by atoms with Crippen LogP contribution in [-0.2, 0) is 14.8 Å². The molecule has 0 bridgehead atoms. The fourth-order valence-electron chi connectivity index (χ4n) is 2.92. The van der Waals surface area contributed by atoms with E-state index >= 15 is 0 Å². The number of piperazine rings is 1. The molecule has 0 saturated carbocycles. The van der Waals surface area contributed by atoms with E-state index in [0.29, 0.717) is 26.2 Å². The molecule has 7 nitrogen and oxygen atoms in total. The van der Waals surface area contributed by atoms with Crippen LogP contribution >= 0.6 is 0 Å². The molecule has 26 heavy (non-hydrogen) atoms. The number of aromatic nitrogens is 1. The molecule has 0 unspecified atom stereocenters. The average Bonchev–Trinajstić information content (AvgIpc) is 2.68. The number of carbonyl (C=O) groups excluding carboxylic acids is 1. The highest BCUT2D eigenvalue weighted by Gasteiger charge is 2.28. The highest BCUT2D eigenvalue weighted by atomic mass is 32.2. The molecule has 0 aliphatic carbocycles. The molecule has 138 valence electrons. The molecule has 1 N–H and O–H groups in total. The third-order valence-electron chi connectivity index (χ3n) is 4.32. The summed E-state index contributed by atoms with van der Waals surface area (Å²) in [6.07, 6.45) is 1.74. The van der Waals surface area contributed by atoms with E-state index in [1.807, 2.05) is 18.2 Å². The standard InChI is InChI=1S/C18H22N4O3S/c1-15(20-26(24,25)16-7-3-2-4-8-16)18(23)22-13-11-21(12-14-22)17-9-5-6-10-19-17/h2-10,15,20H,11-14H2,1H3/t15-/m0/s1. The lowest BCUT2D eigenvalue weighted by atomic mass is 10.2. The van der Waals surface area contributed by atoms with Crippen LogP contribution < -0.4 is 9.62 Å². The lowest BCUT2D eigenvalue weighted by Crippen LogP contribution is -2.54. The van der Waals surface area contributed by atoms with Crippen molar-refractivity contribution in [3.63, 3.8) is 0 Å². The molecule has 1 aliphatic rings. The second-order valence-corrected chi connectivity index (χ2v) is 7.87. The average molecular weight is 374 g/mol. The lowest BCUT2D eigenvalue weighted by Gasteiger charge is -2.36. The van der Waals surface area contributed by atoms with Crippen LogP contribution in [0, 0.1) is 0 Å². The Morgan fingerprint density at radius 3 is 2.31 bits per heavy atom. The number of nitrogens with zero attached hydrogens (tertiary/aromatic N) is 3. The third-order valence-corrected chi connectivity index (χ3v) is 5.88. The second kappa shape index (κ2) is 7.84. The first-order valence-corrected chi connectivity index (χ1v) is 9.98. The number of benzene rings is 1. The normalized spacial score (nSPS) is 16.3. The van der Waals surface area contributed by atoms with Crippen molar-refractivity contribution < 1.29 is 13.2 Å². The van der Waals surface area contributed by atoms with Crippen molar-refractivity contribution >= 4 is 21.7 Å². The summed E-state index contributed by atoms with van der Waals surface area (Å²) in [4.78, 5) is 20.9. The fraction of sp³-hybridized carbons (Fsp3) is 0.333. The van der Waals surface area contributed by atoms with Gasteiger partial charge in [-0.2, -0.15) is 4.72 Å². The zero-order chi connectivity index (χ0) is 18.6. The molecule has 0 spiro atoms. The predicted molar refractivity (Wildman–Crippen MR) is 99.3 cm³/mol. The van der Waals surface area contributed by atoms with Gasteiger partial charge < -0.3 is 9.80 Å². The molecular formula is C18H22N4O3S. The first kappa shape index (κ1) is 18.3. The van der Waals surface area contributed by atoms with Crippen molar-refractivity contribution in [3.05, 3.63) is 54.7 Å². The largest absolute Gasteiger partial charge is 0.353 e. The summed E-state index contributed by atoms with van der Waals surface area (Å²) < 4.78 is 27.2. The van der Waals surface area contributed by atoms with Crippen LogP contribution in [-0.4, -0.2) is 56.4 Å². The SMILES string of the molecule is C[C@H](NS(=O)(=O)c1ccccc1)C(=O)N1CCN(c2ccccn2)CC1. The summed E-state index contributed by atoms with van der Waals surface area (Å²) in [5, 5.41) is 0. The summed E-state index contributed by atoms with van der Waals surface area (Å²) in [6.45, 7) is 3.98. The zero-order valence-corrected chi connectivity index (χ0v) is 15.4. The molecule has 3 rings (SSSR count). The van der Waals surface area contributed by atoms with Crippen molar-refractivity contribution in [1.29, 1.82) is 0 Å². The highest BCUT2D eigenvalue weighted by molar-refractivity contribution is 7.89. The van der Waals surface area contributed by atoms with Crippen molar-refractivity contribution in [1.82, 2.24) is 14.6 Å². The Balaban J connectivity index is 1.58. The number of carbonyl (C=O) groups is 1. The van der Waals surface area contributed by atoms with E-state index < -0.39 is 16.1 Å². The summed E-state index contributed by atoms with van der Waals surface area (Å²) in [5.74, 6) is 0.669. The van der Waals surface area contributed by atoms with Gasteiger partial charge in [-0.15, -0.1) is 0 Å². The van der Waals surface area contributed by atoms with Crippen molar-refractivity contribution in [2.45, 2.75) is 17.9 Å². The van der Waals surface area contributed by atoms with Gasteiger partial charge in [-0.1, -0.05) is 24.3 Å². The summed E-state index contributed by atoms with van der Waals surface area (Å²) in [5.41, 5.74) is 0. The molecule has 0 radical (unpaired) electrons. The Morgan fingerprint density at radius 1 is 1.04 bits per heavy atom. The molecule has 1 amide bonds. The Labute approximate surface area is 153 Å². The van der Waals surface area contributed by atoms with Gasteiger partial charge in [0.05, 0.1) is 10.9 Å². The maximum atomic E-state index is 12.6. The number of amides is 1. The number of nitrogens with one attached hydrogen (secondary N) is 1. The molecule has 1 atom stereocenters. The molecular weight excluding hydrogens is 352 g/mol. The maximum Gasteiger partial charge on any atom is 0.241 e. The van der Waals surface area contributed by atoms with Crippen LogP contribution in [0.3, 0.4) is 0 Å². The van der Waals surface area contributed by atoms with Crippen LogP contribution in [0.25, 0.3) is 0 Å². The van der Waals surface area contributed by atoms with E-state index in [1.165, 1.54) is 12.1 Å². The van der Waals surface area contributed by atoms with Gasteiger partial charge >= 0.3 is 0 Å². The van der Waals surface area contributed by atoms with Crippen molar-refractivity contribution in [2.75, 3.05) is 31.1 Å². The van der Waals surface area contributed by atoms with Gasteiger partial charge in [0.15, 0.2) is 0 Å². The topological polar surface area (TPSA) is 82.6 Å². The number of anilines is 1. The Morgan fingerprint density at radius 2 is 1.69 bits per heavy atom. The van der Waals surface area contributed by atoms with Crippen LogP contribution in [0.5, 0.6) is 0 Å². The van der Waals surface area contributed by atoms with E-state index in [-0.39, 0.29) is 10.8 Å². The molecule has 2 aromatic rings. The number of hydrogen-bond donors (Lipinski definition) is 1. The maximum absolute atomic E-state index is 12.6. The van der Waals surface area contributed by atoms with Gasteiger partial charge in [0.2, 0.25) is 15.9 Å². The van der Waals surface area contributed by atoms with Gasteiger partial charge in [-0.25, -0.2) is 13.4 Å². The summed E-state index contributed by atoms with van der Waals surface area (Å²) >= 11 is 0. The van der Waals surface area contributed by atoms with E-state index in [9.17, 15) is 13.2 Å². The second-order valence-electron chi connectivity index (χ2n) is 6.16. The number of hydrogen-bond acceptors (Lipinski definition) is 5. The molecule has 2 heterocycles.